The summed E-state index contributed by atoms with van der Waals surface area (Å²) in [6.07, 6.45) is 1.62. The first-order valence-electron chi connectivity index (χ1n) is 7.46. The summed E-state index contributed by atoms with van der Waals surface area (Å²) in [7, 11) is 0. The van der Waals surface area contributed by atoms with Crippen LogP contribution in [0.3, 0.4) is 0 Å². The van der Waals surface area contributed by atoms with Crippen molar-refractivity contribution in [1.82, 2.24) is 0 Å². The molecule has 0 aromatic heterocycles. The van der Waals surface area contributed by atoms with Gasteiger partial charge in [0.25, 0.3) is 0 Å². The number of rotatable bonds is 6. The molecule has 0 saturated carbocycles. The van der Waals surface area contributed by atoms with Crippen molar-refractivity contribution >= 4 is 17.3 Å². The standard InChI is InChI=1S/C16H25N3O/c1-12(2)13(10-17)11-18-14-5-3-6-15(9-14)19-8-4-7-16(19)20/h3,5-6,9,12-13,18H,4,7-8,10-11,17H2,1-2H3. The molecule has 1 amide bonds. The zero-order valence-electron chi connectivity index (χ0n) is 12.4. The smallest absolute Gasteiger partial charge is 0.227 e. The van der Waals surface area contributed by atoms with Crippen LogP contribution < -0.4 is 16.0 Å². The predicted molar refractivity (Wildman–Crippen MR) is 83.9 cm³/mol. The Hall–Kier alpha value is -1.55. The Kier molecular flexibility index (Phi) is 5.01. The van der Waals surface area contributed by atoms with Crippen LogP contribution in [0.1, 0.15) is 26.7 Å². The van der Waals surface area contributed by atoms with Gasteiger partial charge in [-0.3, -0.25) is 4.79 Å². The molecule has 0 aliphatic carbocycles. The van der Waals surface area contributed by atoms with Crippen LogP contribution in [0.4, 0.5) is 11.4 Å². The molecule has 2 rings (SSSR count). The van der Waals surface area contributed by atoms with Crippen molar-refractivity contribution in [3.8, 4) is 0 Å². The van der Waals surface area contributed by atoms with E-state index in [9.17, 15) is 4.79 Å². The molecule has 3 N–H and O–H groups in total. The fraction of sp³-hybridized carbons (Fsp3) is 0.562. The van der Waals surface area contributed by atoms with E-state index < -0.39 is 0 Å². The first-order chi connectivity index (χ1) is 9.61. The molecular formula is C16H25N3O. The predicted octanol–water partition coefficient (Wildman–Crippen LogP) is 2.46. The van der Waals surface area contributed by atoms with Gasteiger partial charge in [0.15, 0.2) is 0 Å². The molecule has 0 bridgehead atoms. The number of nitrogens with zero attached hydrogens (tertiary/aromatic N) is 1. The van der Waals surface area contributed by atoms with Crippen LogP contribution in [0.25, 0.3) is 0 Å². The molecule has 1 aliphatic heterocycles. The highest BCUT2D eigenvalue weighted by atomic mass is 16.2. The Morgan fingerprint density at radius 1 is 1.40 bits per heavy atom. The lowest BCUT2D eigenvalue weighted by Crippen LogP contribution is -2.27. The Labute approximate surface area is 121 Å². The molecular weight excluding hydrogens is 250 g/mol. The minimum Gasteiger partial charge on any atom is -0.385 e. The summed E-state index contributed by atoms with van der Waals surface area (Å²) in [4.78, 5) is 13.6. The molecule has 1 saturated heterocycles. The number of hydrogen-bond donors (Lipinski definition) is 2. The highest BCUT2D eigenvalue weighted by molar-refractivity contribution is 5.95. The first-order valence-corrected chi connectivity index (χ1v) is 7.46. The van der Waals surface area contributed by atoms with Gasteiger partial charge in [0.1, 0.15) is 0 Å². The maximum absolute atomic E-state index is 11.8. The van der Waals surface area contributed by atoms with Crippen molar-refractivity contribution < 1.29 is 4.79 Å². The molecule has 1 aliphatic rings. The maximum atomic E-state index is 11.8. The normalized spacial score (nSPS) is 16.8. The van der Waals surface area contributed by atoms with Gasteiger partial charge in [-0.25, -0.2) is 0 Å². The maximum Gasteiger partial charge on any atom is 0.227 e. The van der Waals surface area contributed by atoms with Gasteiger partial charge in [-0.05, 0) is 43.0 Å². The second-order valence-corrected chi connectivity index (χ2v) is 5.82. The van der Waals surface area contributed by atoms with Gasteiger partial charge in [-0.15, -0.1) is 0 Å². The van der Waals surface area contributed by atoms with Gasteiger partial charge in [0.2, 0.25) is 5.91 Å². The Bertz CT molecular complexity index is 459. The number of hydrogen-bond acceptors (Lipinski definition) is 3. The molecule has 1 aromatic rings. The lowest BCUT2D eigenvalue weighted by Gasteiger charge is -2.21. The lowest BCUT2D eigenvalue weighted by atomic mass is 9.96. The second kappa shape index (κ2) is 6.75. The van der Waals surface area contributed by atoms with E-state index in [2.05, 4.69) is 25.2 Å². The van der Waals surface area contributed by atoms with Crippen LogP contribution in [-0.2, 0) is 4.79 Å². The number of anilines is 2. The molecule has 1 unspecified atom stereocenters. The van der Waals surface area contributed by atoms with E-state index in [1.165, 1.54) is 0 Å². The van der Waals surface area contributed by atoms with Crippen molar-refractivity contribution in [2.24, 2.45) is 17.6 Å². The molecule has 1 fully saturated rings. The fourth-order valence-electron chi connectivity index (χ4n) is 2.55. The van der Waals surface area contributed by atoms with Crippen LogP contribution in [0.15, 0.2) is 24.3 Å². The summed E-state index contributed by atoms with van der Waals surface area (Å²) in [5.41, 5.74) is 7.84. The van der Waals surface area contributed by atoms with E-state index >= 15 is 0 Å². The summed E-state index contributed by atoms with van der Waals surface area (Å²) in [6, 6.07) is 8.09. The summed E-state index contributed by atoms with van der Waals surface area (Å²) >= 11 is 0. The molecule has 1 heterocycles. The van der Waals surface area contributed by atoms with Gasteiger partial charge in [0, 0.05) is 30.9 Å². The van der Waals surface area contributed by atoms with Gasteiger partial charge < -0.3 is 16.0 Å². The van der Waals surface area contributed by atoms with Crippen LogP contribution in [0.5, 0.6) is 0 Å². The number of amides is 1. The third kappa shape index (κ3) is 3.51. The molecule has 1 aromatic carbocycles. The quantitative estimate of drug-likeness (QED) is 0.838. The van der Waals surface area contributed by atoms with Crippen molar-refractivity contribution in [3.05, 3.63) is 24.3 Å². The van der Waals surface area contributed by atoms with Crippen LogP contribution in [0, 0.1) is 11.8 Å². The van der Waals surface area contributed by atoms with Crippen LogP contribution in [0.2, 0.25) is 0 Å². The third-order valence-electron chi connectivity index (χ3n) is 4.05. The molecule has 0 spiro atoms. The SMILES string of the molecule is CC(C)C(CN)CNc1cccc(N2CCCC2=O)c1. The highest BCUT2D eigenvalue weighted by Crippen LogP contribution is 2.24. The molecule has 20 heavy (non-hydrogen) atoms. The largest absolute Gasteiger partial charge is 0.385 e. The summed E-state index contributed by atoms with van der Waals surface area (Å²) in [5.74, 6) is 1.26. The van der Waals surface area contributed by atoms with Gasteiger partial charge in [-0.2, -0.15) is 0 Å². The molecule has 4 nitrogen and oxygen atoms in total. The van der Waals surface area contributed by atoms with Crippen molar-refractivity contribution in [2.45, 2.75) is 26.7 Å². The minimum atomic E-state index is 0.226. The average Bonchev–Trinajstić information content (AvgIpc) is 2.86. The number of carbonyl (C=O) groups excluding carboxylic acids is 1. The van der Waals surface area contributed by atoms with Crippen molar-refractivity contribution in [1.29, 1.82) is 0 Å². The summed E-state index contributed by atoms with van der Waals surface area (Å²) < 4.78 is 0. The third-order valence-corrected chi connectivity index (χ3v) is 4.05. The lowest BCUT2D eigenvalue weighted by molar-refractivity contribution is -0.117. The van der Waals surface area contributed by atoms with Gasteiger partial charge in [0.05, 0.1) is 0 Å². The van der Waals surface area contributed by atoms with E-state index in [0.29, 0.717) is 24.8 Å². The van der Waals surface area contributed by atoms with Crippen LogP contribution in [-0.4, -0.2) is 25.5 Å². The van der Waals surface area contributed by atoms with Crippen molar-refractivity contribution in [2.75, 3.05) is 29.9 Å². The molecule has 0 radical (unpaired) electrons. The number of nitrogens with one attached hydrogen (secondary N) is 1. The zero-order chi connectivity index (χ0) is 14.5. The monoisotopic (exact) mass is 275 g/mol. The second-order valence-electron chi connectivity index (χ2n) is 5.82. The van der Waals surface area contributed by atoms with E-state index in [4.69, 9.17) is 5.73 Å². The first kappa shape index (κ1) is 14.9. The van der Waals surface area contributed by atoms with Crippen LogP contribution >= 0.6 is 0 Å². The van der Waals surface area contributed by atoms with E-state index in [0.717, 1.165) is 30.9 Å². The Balaban J connectivity index is 2.01. The molecule has 4 heteroatoms. The summed E-state index contributed by atoms with van der Waals surface area (Å²) in [5, 5.41) is 3.44. The number of nitrogens with two attached hydrogens (primary N) is 1. The van der Waals surface area contributed by atoms with E-state index in [1.54, 1.807) is 0 Å². The highest BCUT2D eigenvalue weighted by Gasteiger charge is 2.21. The molecule has 1 atom stereocenters. The Morgan fingerprint density at radius 2 is 2.20 bits per heavy atom. The van der Waals surface area contributed by atoms with Gasteiger partial charge >= 0.3 is 0 Å². The molecule has 110 valence electrons. The average molecular weight is 275 g/mol. The number of benzene rings is 1. The summed E-state index contributed by atoms with van der Waals surface area (Å²) in [6.45, 7) is 6.78. The zero-order valence-corrected chi connectivity index (χ0v) is 12.4. The van der Waals surface area contributed by atoms with Crippen molar-refractivity contribution in [3.63, 3.8) is 0 Å². The topological polar surface area (TPSA) is 58.4 Å². The minimum absolute atomic E-state index is 0.226. The van der Waals surface area contributed by atoms with Gasteiger partial charge in [-0.1, -0.05) is 19.9 Å². The fourth-order valence-corrected chi connectivity index (χ4v) is 2.55. The number of carbonyl (C=O) groups is 1. The van der Waals surface area contributed by atoms with E-state index in [1.807, 2.05) is 23.1 Å². The Morgan fingerprint density at radius 3 is 2.80 bits per heavy atom. The van der Waals surface area contributed by atoms with E-state index in [-0.39, 0.29) is 5.91 Å².